The van der Waals surface area contributed by atoms with E-state index in [0.29, 0.717) is 23.7 Å². The SMILES string of the molecule is C[C@@H]1CN([C@H](c2ccc(-c3nn[nH]n3)cc2)c2cccc(O)c2)[C@@H](C)CN1CC1CC1. The van der Waals surface area contributed by atoms with Crippen LogP contribution < -0.4 is 0 Å². The molecule has 1 aliphatic heterocycles. The lowest BCUT2D eigenvalue weighted by Crippen LogP contribution is -2.57. The number of piperazine rings is 1. The van der Waals surface area contributed by atoms with E-state index in [1.54, 1.807) is 6.07 Å². The number of hydrogen-bond acceptors (Lipinski definition) is 6. The molecular formula is C24H30N6O. The average Bonchev–Trinajstić information content (AvgIpc) is 3.41. The van der Waals surface area contributed by atoms with E-state index in [2.05, 4.69) is 62.5 Å². The van der Waals surface area contributed by atoms with Gasteiger partial charge in [0.1, 0.15) is 5.75 Å². The number of tetrazole rings is 1. The van der Waals surface area contributed by atoms with Crippen molar-refractivity contribution in [2.45, 2.75) is 44.8 Å². The third-order valence-electron chi connectivity index (χ3n) is 6.70. The van der Waals surface area contributed by atoms with Crippen LogP contribution in [0.1, 0.15) is 43.9 Å². The summed E-state index contributed by atoms with van der Waals surface area (Å²) in [7, 11) is 0. The van der Waals surface area contributed by atoms with Gasteiger partial charge in [-0.15, -0.1) is 10.2 Å². The van der Waals surface area contributed by atoms with E-state index in [-0.39, 0.29) is 6.04 Å². The molecule has 0 unspecified atom stereocenters. The van der Waals surface area contributed by atoms with E-state index in [9.17, 15) is 5.11 Å². The van der Waals surface area contributed by atoms with Gasteiger partial charge >= 0.3 is 0 Å². The molecule has 2 aliphatic rings. The number of aromatic nitrogens is 4. The molecule has 2 heterocycles. The van der Waals surface area contributed by atoms with Gasteiger partial charge in [0.05, 0.1) is 6.04 Å². The van der Waals surface area contributed by atoms with Crippen LogP contribution in [0.15, 0.2) is 48.5 Å². The molecule has 1 saturated carbocycles. The summed E-state index contributed by atoms with van der Waals surface area (Å²) in [6, 6.07) is 17.1. The Morgan fingerprint density at radius 3 is 2.52 bits per heavy atom. The Morgan fingerprint density at radius 1 is 1.03 bits per heavy atom. The van der Waals surface area contributed by atoms with Crippen LogP contribution in [0.5, 0.6) is 5.75 Å². The highest BCUT2D eigenvalue weighted by atomic mass is 16.3. The summed E-state index contributed by atoms with van der Waals surface area (Å²) in [6.45, 7) is 7.99. The Kier molecular flexibility index (Phi) is 5.46. The molecule has 1 aliphatic carbocycles. The van der Waals surface area contributed by atoms with Gasteiger partial charge in [0.2, 0.25) is 5.82 Å². The second-order valence-electron chi connectivity index (χ2n) is 9.15. The zero-order chi connectivity index (χ0) is 21.4. The molecule has 3 aromatic rings. The Labute approximate surface area is 183 Å². The van der Waals surface area contributed by atoms with Crippen LogP contribution in [0, 0.1) is 5.92 Å². The minimum absolute atomic E-state index is 0.0759. The van der Waals surface area contributed by atoms with Gasteiger partial charge in [-0.2, -0.15) is 5.21 Å². The maximum absolute atomic E-state index is 10.2. The first-order chi connectivity index (χ1) is 15.1. The predicted octanol–water partition coefficient (Wildman–Crippen LogP) is 3.47. The van der Waals surface area contributed by atoms with E-state index in [4.69, 9.17) is 0 Å². The number of phenolic OH excluding ortho intramolecular Hbond substituents is 1. The van der Waals surface area contributed by atoms with Crippen molar-refractivity contribution in [3.63, 3.8) is 0 Å². The predicted molar refractivity (Wildman–Crippen MR) is 119 cm³/mol. The molecule has 162 valence electrons. The molecular weight excluding hydrogens is 388 g/mol. The number of aromatic hydroxyl groups is 1. The fourth-order valence-corrected chi connectivity index (χ4v) is 4.84. The Morgan fingerprint density at radius 2 is 1.84 bits per heavy atom. The van der Waals surface area contributed by atoms with E-state index >= 15 is 0 Å². The van der Waals surface area contributed by atoms with Gasteiger partial charge in [0.25, 0.3) is 0 Å². The number of hydrogen-bond donors (Lipinski definition) is 2. The molecule has 0 amide bonds. The van der Waals surface area contributed by atoms with Crippen LogP contribution in [0.4, 0.5) is 0 Å². The molecule has 2 aromatic carbocycles. The second-order valence-corrected chi connectivity index (χ2v) is 9.15. The van der Waals surface area contributed by atoms with Gasteiger partial charge in [-0.05, 0) is 61.1 Å². The number of phenols is 1. The monoisotopic (exact) mass is 418 g/mol. The van der Waals surface area contributed by atoms with Crippen LogP contribution in [-0.4, -0.2) is 67.2 Å². The fraction of sp³-hybridized carbons (Fsp3) is 0.458. The van der Waals surface area contributed by atoms with Gasteiger partial charge in [0.15, 0.2) is 0 Å². The summed E-state index contributed by atoms with van der Waals surface area (Å²) in [5, 5.41) is 24.5. The standard InChI is InChI=1S/C24H30N6O/c1-16-14-30(17(2)13-29(16)15-18-6-7-18)23(21-4-3-5-22(31)12-21)19-8-10-20(11-9-19)24-25-27-28-26-24/h3-5,8-12,16-18,23,31H,6-7,13-15H2,1-2H3,(H,25,26,27,28)/t16-,17+,23-/m1/s1. The summed E-state index contributed by atoms with van der Waals surface area (Å²) in [5.41, 5.74) is 3.25. The van der Waals surface area contributed by atoms with E-state index in [0.717, 1.165) is 30.1 Å². The quantitative estimate of drug-likeness (QED) is 0.638. The molecule has 3 atom stereocenters. The summed E-state index contributed by atoms with van der Waals surface area (Å²) in [4.78, 5) is 5.25. The van der Waals surface area contributed by atoms with Crippen LogP contribution in [-0.2, 0) is 0 Å². The molecule has 0 radical (unpaired) electrons. The lowest BCUT2D eigenvalue weighted by atomic mass is 9.92. The fourth-order valence-electron chi connectivity index (χ4n) is 4.84. The normalized spacial score (nSPS) is 23.7. The van der Waals surface area contributed by atoms with Gasteiger partial charge in [-0.25, -0.2) is 0 Å². The average molecular weight is 419 g/mol. The Bertz CT molecular complexity index is 1000. The lowest BCUT2D eigenvalue weighted by Gasteiger charge is -2.48. The Balaban J connectivity index is 1.46. The van der Waals surface area contributed by atoms with E-state index < -0.39 is 0 Å². The summed E-state index contributed by atoms with van der Waals surface area (Å²) >= 11 is 0. The maximum atomic E-state index is 10.2. The third kappa shape index (κ3) is 4.34. The molecule has 7 nitrogen and oxygen atoms in total. The van der Waals surface area contributed by atoms with Crippen LogP contribution >= 0.6 is 0 Å². The van der Waals surface area contributed by atoms with Crippen molar-refractivity contribution in [2.75, 3.05) is 19.6 Å². The van der Waals surface area contributed by atoms with Crippen molar-refractivity contribution in [2.24, 2.45) is 5.92 Å². The minimum Gasteiger partial charge on any atom is -0.508 e. The number of rotatable bonds is 6. The van der Waals surface area contributed by atoms with Crippen molar-refractivity contribution in [3.8, 4) is 17.1 Å². The molecule has 2 N–H and O–H groups in total. The van der Waals surface area contributed by atoms with Crippen LogP contribution in [0.3, 0.4) is 0 Å². The van der Waals surface area contributed by atoms with Crippen molar-refractivity contribution < 1.29 is 5.11 Å². The molecule has 2 fully saturated rings. The summed E-state index contributed by atoms with van der Waals surface area (Å²) in [6.07, 6.45) is 2.78. The largest absolute Gasteiger partial charge is 0.508 e. The van der Waals surface area contributed by atoms with Gasteiger partial charge in [0, 0.05) is 37.3 Å². The molecule has 31 heavy (non-hydrogen) atoms. The highest BCUT2D eigenvalue weighted by molar-refractivity contribution is 5.55. The third-order valence-corrected chi connectivity index (χ3v) is 6.70. The summed E-state index contributed by atoms with van der Waals surface area (Å²) in [5.74, 6) is 1.80. The Hall–Kier alpha value is -2.77. The smallest absolute Gasteiger partial charge is 0.204 e. The first-order valence-corrected chi connectivity index (χ1v) is 11.2. The second kappa shape index (κ2) is 8.40. The van der Waals surface area contributed by atoms with Crippen molar-refractivity contribution in [1.82, 2.24) is 30.4 Å². The highest BCUT2D eigenvalue weighted by Gasteiger charge is 2.37. The first kappa shape index (κ1) is 20.2. The molecule has 1 saturated heterocycles. The first-order valence-electron chi connectivity index (χ1n) is 11.2. The van der Waals surface area contributed by atoms with Crippen molar-refractivity contribution >= 4 is 0 Å². The van der Waals surface area contributed by atoms with Crippen molar-refractivity contribution in [3.05, 3.63) is 59.7 Å². The molecule has 7 heteroatoms. The molecule has 0 spiro atoms. The van der Waals surface area contributed by atoms with E-state index in [1.165, 1.54) is 24.9 Å². The maximum Gasteiger partial charge on any atom is 0.204 e. The van der Waals surface area contributed by atoms with E-state index in [1.807, 2.05) is 24.3 Å². The van der Waals surface area contributed by atoms with Crippen LogP contribution in [0.2, 0.25) is 0 Å². The number of aromatic amines is 1. The minimum atomic E-state index is 0.0759. The zero-order valence-electron chi connectivity index (χ0n) is 18.1. The van der Waals surface area contributed by atoms with Crippen LogP contribution in [0.25, 0.3) is 11.4 Å². The number of H-pyrrole nitrogens is 1. The van der Waals surface area contributed by atoms with Gasteiger partial charge in [-0.1, -0.05) is 36.4 Å². The molecule has 0 bridgehead atoms. The molecule has 1 aromatic heterocycles. The zero-order valence-corrected chi connectivity index (χ0v) is 18.1. The number of nitrogens with one attached hydrogen (secondary N) is 1. The highest BCUT2D eigenvalue weighted by Crippen LogP contribution is 2.37. The van der Waals surface area contributed by atoms with Gasteiger partial charge in [-0.3, -0.25) is 9.80 Å². The molecule has 5 rings (SSSR count). The topological polar surface area (TPSA) is 81.2 Å². The number of benzene rings is 2. The van der Waals surface area contributed by atoms with Crippen molar-refractivity contribution in [1.29, 1.82) is 0 Å². The summed E-state index contributed by atoms with van der Waals surface area (Å²) < 4.78 is 0. The lowest BCUT2D eigenvalue weighted by molar-refractivity contribution is 0.0216. The van der Waals surface area contributed by atoms with Gasteiger partial charge < -0.3 is 5.11 Å². The number of nitrogens with zero attached hydrogens (tertiary/aromatic N) is 5.